The molecule has 2 aromatic rings. The summed E-state index contributed by atoms with van der Waals surface area (Å²) in [6.45, 7) is 2.65. The Bertz CT molecular complexity index is 700. The van der Waals surface area contributed by atoms with Crippen LogP contribution in [0.3, 0.4) is 0 Å². The Morgan fingerprint density at radius 2 is 1.80 bits per heavy atom. The maximum atomic E-state index is 12.2. The van der Waals surface area contributed by atoms with Gasteiger partial charge in [0, 0.05) is 0 Å². The molecule has 25 heavy (non-hydrogen) atoms. The predicted molar refractivity (Wildman–Crippen MR) is 98.1 cm³/mol. The molecule has 132 valence electrons. The van der Waals surface area contributed by atoms with Crippen molar-refractivity contribution in [3.8, 4) is 11.5 Å². The molecule has 0 aromatic heterocycles. The lowest BCUT2D eigenvalue weighted by Crippen LogP contribution is -2.38. The lowest BCUT2D eigenvalue weighted by molar-refractivity contribution is -0.127. The summed E-state index contributed by atoms with van der Waals surface area (Å²) in [5, 5.41) is 2.85. The van der Waals surface area contributed by atoms with Gasteiger partial charge >= 0.3 is 0 Å². The fraction of sp³-hybridized carbons (Fsp3) is 0.381. The molecule has 0 spiro atoms. The molecule has 0 heterocycles. The van der Waals surface area contributed by atoms with E-state index in [1.807, 2.05) is 36.4 Å². The van der Waals surface area contributed by atoms with Crippen molar-refractivity contribution >= 4 is 5.91 Å². The maximum absolute atomic E-state index is 12.2. The van der Waals surface area contributed by atoms with Crippen molar-refractivity contribution in [1.82, 2.24) is 5.32 Å². The van der Waals surface area contributed by atoms with Crippen LogP contribution in [-0.4, -0.2) is 25.2 Å². The molecule has 0 aliphatic heterocycles. The van der Waals surface area contributed by atoms with Crippen LogP contribution in [0.2, 0.25) is 0 Å². The van der Waals surface area contributed by atoms with Crippen LogP contribution in [0.4, 0.5) is 0 Å². The summed E-state index contributed by atoms with van der Waals surface area (Å²) < 4.78 is 11.4. The molecule has 1 aliphatic rings. The number of hydrogen-bond acceptors (Lipinski definition) is 3. The van der Waals surface area contributed by atoms with E-state index in [0.717, 1.165) is 24.3 Å². The van der Waals surface area contributed by atoms with E-state index in [9.17, 15) is 4.79 Å². The summed E-state index contributed by atoms with van der Waals surface area (Å²) in [6.07, 6.45) is 4.21. The van der Waals surface area contributed by atoms with Crippen molar-refractivity contribution < 1.29 is 14.3 Å². The number of nitrogens with one attached hydrogen (secondary N) is 1. The van der Waals surface area contributed by atoms with Gasteiger partial charge in [-0.1, -0.05) is 24.3 Å². The quantitative estimate of drug-likeness (QED) is 0.785. The summed E-state index contributed by atoms with van der Waals surface area (Å²) >= 11 is 0. The number of rotatable bonds is 7. The first-order chi connectivity index (χ1) is 12.2. The van der Waals surface area contributed by atoms with Gasteiger partial charge in [-0.3, -0.25) is 4.79 Å². The molecule has 0 unspecified atom stereocenters. The molecule has 3 rings (SSSR count). The van der Waals surface area contributed by atoms with Gasteiger partial charge in [-0.2, -0.15) is 0 Å². The number of hydrogen-bond donors (Lipinski definition) is 1. The van der Waals surface area contributed by atoms with E-state index in [4.69, 9.17) is 9.47 Å². The van der Waals surface area contributed by atoms with Crippen LogP contribution in [0.25, 0.3) is 0 Å². The Morgan fingerprint density at radius 3 is 2.60 bits per heavy atom. The molecule has 1 amide bonds. The fourth-order valence-corrected chi connectivity index (χ4v) is 3.04. The van der Waals surface area contributed by atoms with Gasteiger partial charge < -0.3 is 14.8 Å². The van der Waals surface area contributed by atoms with Gasteiger partial charge in [-0.05, 0) is 68.0 Å². The lowest BCUT2D eigenvalue weighted by atomic mass is 9.92. The zero-order valence-electron chi connectivity index (χ0n) is 14.7. The number of amides is 1. The van der Waals surface area contributed by atoms with E-state index in [0.29, 0.717) is 13.2 Å². The van der Waals surface area contributed by atoms with Crippen LogP contribution in [0.15, 0.2) is 48.5 Å². The minimum Gasteiger partial charge on any atom is -0.492 e. The highest BCUT2D eigenvalue weighted by Gasteiger charge is 2.16. The standard InChI is InChI=1S/C21H25NO3/c1-16(21(23)22-13-14-24-19-9-3-2-4-10-19)25-20-12-11-17-7-5-6-8-18(17)15-20/h2-4,9-12,15-16H,5-8,13-14H2,1H3,(H,22,23)/t16-/m0/s1. The molecule has 0 fully saturated rings. The van der Waals surface area contributed by atoms with Crippen molar-refractivity contribution in [3.63, 3.8) is 0 Å². The molecule has 0 radical (unpaired) electrons. The van der Waals surface area contributed by atoms with Crippen molar-refractivity contribution in [1.29, 1.82) is 0 Å². The second kappa shape index (κ2) is 8.56. The van der Waals surface area contributed by atoms with Crippen LogP contribution in [0, 0.1) is 0 Å². The summed E-state index contributed by atoms with van der Waals surface area (Å²) in [7, 11) is 0. The highest BCUT2D eigenvalue weighted by Crippen LogP contribution is 2.25. The third-order valence-corrected chi connectivity index (χ3v) is 4.42. The number of aryl methyl sites for hydroxylation is 2. The van der Waals surface area contributed by atoms with Gasteiger partial charge in [-0.15, -0.1) is 0 Å². The first-order valence-electron chi connectivity index (χ1n) is 8.96. The number of fused-ring (bicyclic) bond motifs is 1. The van der Waals surface area contributed by atoms with E-state index >= 15 is 0 Å². The molecule has 0 saturated heterocycles. The van der Waals surface area contributed by atoms with Crippen molar-refractivity contribution in [2.45, 2.75) is 38.7 Å². The lowest BCUT2D eigenvalue weighted by Gasteiger charge is -2.19. The Balaban J connectivity index is 1.43. The largest absolute Gasteiger partial charge is 0.492 e. The molecule has 1 atom stereocenters. The number of carbonyl (C=O) groups excluding carboxylic acids is 1. The number of para-hydroxylation sites is 1. The Morgan fingerprint density at radius 1 is 1.04 bits per heavy atom. The molecular formula is C21H25NO3. The molecule has 4 nitrogen and oxygen atoms in total. The Labute approximate surface area is 149 Å². The number of carbonyl (C=O) groups is 1. The van der Waals surface area contributed by atoms with E-state index in [-0.39, 0.29) is 5.91 Å². The highest BCUT2D eigenvalue weighted by atomic mass is 16.5. The van der Waals surface area contributed by atoms with E-state index in [2.05, 4.69) is 17.4 Å². The van der Waals surface area contributed by atoms with Crippen LogP contribution in [-0.2, 0) is 17.6 Å². The van der Waals surface area contributed by atoms with Crippen LogP contribution < -0.4 is 14.8 Å². The predicted octanol–water partition coefficient (Wildman–Crippen LogP) is 3.53. The maximum Gasteiger partial charge on any atom is 0.260 e. The highest BCUT2D eigenvalue weighted by molar-refractivity contribution is 5.80. The second-order valence-electron chi connectivity index (χ2n) is 6.35. The van der Waals surface area contributed by atoms with E-state index in [1.54, 1.807) is 6.92 Å². The number of ether oxygens (including phenoxy) is 2. The summed E-state index contributed by atoms with van der Waals surface area (Å²) in [6, 6.07) is 15.7. The van der Waals surface area contributed by atoms with Crippen LogP contribution in [0.5, 0.6) is 11.5 Å². The third kappa shape index (κ3) is 4.99. The van der Waals surface area contributed by atoms with Crippen LogP contribution in [0.1, 0.15) is 30.9 Å². The van der Waals surface area contributed by atoms with Crippen molar-refractivity contribution in [3.05, 3.63) is 59.7 Å². The van der Waals surface area contributed by atoms with Gasteiger partial charge in [0.05, 0.1) is 6.54 Å². The summed E-state index contributed by atoms with van der Waals surface area (Å²) in [5.41, 5.74) is 2.77. The monoisotopic (exact) mass is 339 g/mol. The number of benzene rings is 2. The van der Waals surface area contributed by atoms with Crippen LogP contribution >= 0.6 is 0 Å². The summed E-state index contributed by atoms with van der Waals surface area (Å²) in [5.74, 6) is 1.44. The molecule has 4 heteroatoms. The van der Waals surface area contributed by atoms with E-state index in [1.165, 1.54) is 24.0 Å². The SMILES string of the molecule is C[C@H](Oc1ccc2c(c1)CCCC2)C(=O)NCCOc1ccccc1. The zero-order valence-corrected chi connectivity index (χ0v) is 14.7. The Hall–Kier alpha value is -2.49. The van der Waals surface area contributed by atoms with Gasteiger partial charge in [0.15, 0.2) is 6.10 Å². The smallest absolute Gasteiger partial charge is 0.260 e. The second-order valence-corrected chi connectivity index (χ2v) is 6.35. The molecule has 1 N–H and O–H groups in total. The van der Waals surface area contributed by atoms with Gasteiger partial charge in [0.25, 0.3) is 5.91 Å². The minimum atomic E-state index is -0.529. The van der Waals surface area contributed by atoms with Crippen molar-refractivity contribution in [2.75, 3.05) is 13.2 Å². The normalized spacial score (nSPS) is 14.3. The fourth-order valence-electron chi connectivity index (χ4n) is 3.04. The molecule has 0 bridgehead atoms. The third-order valence-electron chi connectivity index (χ3n) is 4.42. The average molecular weight is 339 g/mol. The average Bonchev–Trinajstić information content (AvgIpc) is 2.65. The summed E-state index contributed by atoms with van der Waals surface area (Å²) in [4.78, 5) is 12.2. The zero-order chi connectivity index (χ0) is 17.5. The van der Waals surface area contributed by atoms with Gasteiger partial charge in [0.1, 0.15) is 18.1 Å². The van der Waals surface area contributed by atoms with Gasteiger partial charge in [-0.25, -0.2) is 0 Å². The molecular weight excluding hydrogens is 314 g/mol. The van der Waals surface area contributed by atoms with Gasteiger partial charge in [0.2, 0.25) is 0 Å². The first kappa shape index (κ1) is 17.3. The minimum absolute atomic E-state index is 0.130. The van der Waals surface area contributed by atoms with E-state index < -0.39 is 6.10 Å². The molecule has 0 saturated carbocycles. The Kier molecular flexibility index (Phi) is 5.94. The van der Waals surface area contributed by atoms with Crippen molar-refractivity contribution in [2.24, 2.45) is 0 Å². The first-order valence-corrected chi connectivity index (χ1v) is 8.96. The molecule has 2 aromatic carbocycles. The molecule has 1 aliphatic carbocycles. The topological polar surface area (TPSA) is 47.6 Å².